The van der Waals surface area contributed by atoms with E-state index in [2.05, 4.69) is 0 Å². The number of hydrogen-bond donors (Lipinski definition) is 1. The molecular weight excluding hydrogens is 252 g/mol. The molecule has 6 nitrogen and oxygen atoms in total. The third kappa shape index (κ3) is 4.11. The molecule has 114 valence electrons. The van der Waals surface area contributed by atoms with Gasteiger partial charge < -0.3 is 28.8 Å². The lowest BCUT2D eigenvalue weighted by molar-refractivity contribution is -0.305. The summed E-state index contributed by atoms with van der Waals surface area (Å²) < 4.78 is 27.6. The van der Waals surface area contributed by atoms with Crippen molar-refractivity contribution in [3.8, 4) is 0 Å². The van der Waals surface area contributed by atoms with Crippen molar-refractivity contribution in [3.05, 3.63) is 0 Å². The molecule has 0 spiro atoms. The van der Waals surface area contributed by atoms with Crippen molar-refractivity contribution in [2.45, 2.75) is 58.1 Å². The Morgan fingerprint density at radius 3 is 2.47 bits per heavy atom. The standard InChI is InChI=1S/C13H26O6/c1-6-16-11(15-5)18-10-8-13(9-14,17-7-2)19-12(10,3)4/h10-11,14H,6-9H2,1-5H3. The Morgan fingerprint density at radius 2 is 2.00 bits per heavy atom. The summed E-state index contributed by atoms with van der Waals surface area (Å²) in [7, 11) is 1.52. The Balaban J connectivity index is 2.72. The third-order valence-electron chi connectivity index (χ3n) is 3.14. The quantitative estimate of drug-likeness (QED) is 0.674. The summed E-state index contributed by atoms with van der Waals surface area (Å²) in [6.45, 7) is 7.51. The maximum absolute atomic E-state index is 9.52. The maximum Gasteiger partial charge on any atom is 0.271 e. The molecule has 1 N–H and O–H groups in total. The molecule has 3 unspecified atom stereocenters. The van der Waals surface area contributed by atoms with Gasteiger partial charge in [0.15, 0.2) is 5.79 Å². The highest BCUT2D eigenvalue weighted by atomic mass is 16.8. The lowest BCUT2D eigenvalue weighted by Crippen LogP contribution is -2.40. The number of aliphatic hydroxyl groups excluding tert-OH is 1. The van der Waals surface area contributed by atoms with Crippen LogP contribution in [0.2, 0.25) is 0 Å². The van der Waals surface area contributed by atoms with Gasteiger partial charge in [0, 0.05) is 26.7 Å². The first-order valence-electron chi connectivity index (χ1n) is 6.68. The molecule has 0 aromatic heterocycles. The SMILES string of the molecule is CCOC(OC)OC1CC(CO)(OCC)OC1(C)C. The molecule has 1 aliphatic rings. The van der Waals surface area contributed by atoms with E-state index in [-0.39, 0.29) is 12.7 Å². The van der Waals surface area contributed by atoms with Crippen LogP contribution in [-0.2, 0) is 23.7 Å². The van der Waals surface area contributed by atoms with Gasteiger partial charge in [0.2, 0.25) is 0 Å². The first-order chi connectivity index (χ1) is 8.93. The fraction of sp³-hybridized carbons (Fsp3) is 1.00. The van der Waals surface area contributed by atoms with Crippen molar-refractivity contribution >= 4 is 0 Å². The lowest BCUT2D eigenvalue weighted by atomic mass is 10.0. The van der Waals surface area contributed by atoms with Gasteiger partial charge in [-0.1, -0.05) is 0 Å². The highest BCUT2D eigenvalue weighted by Crippen LogP contribution is 2.40. The zero-order chi connectivity index (χ0) is 14.5. The molecule has 0 bridgehead atoms. The predicted octanol–water partition coefficient (Wildman–Crippen LogP) is 1.26. The molecule has 3 atom stereocenters. The second-order valence-electron chi connectivity index (χ2n) is 5.02. The van der Waals surface area contributed by atoms with Crippen molar-refractivity contribution in [1.82, 2.24) is 0 Å². The van der Waals surface area contributed by atoms with E-state index in [1.807, 2.05) is 27.7 Å². The first-order valence-corrected chi connectivity index (χ1v) is 6.68. The van der Waals surface area contributed by atoms with E-state index in [1.165, 1.54) is 7.11 Å². The van der Waals surface area contributed by atoms with Gasteiger partial charge in [0.1, 0.15) is 0 Å². The Morgan fingerprint density at radius 1 is 1.32 bits per heavy atom. The summed E-state index contributed by atoms with van der Waals surface area (Å²) in [6, 6.07) is 0. The smallest absolute Gasteiger partial charge is 0.271 e. The van der Waals surface area contributed by atoms with Crippen LogP contribution in [0, 0.1) is 0 Å². The number of rotatable bonds is 8. The summed E-state index contributed by atoms with van der Waals surface area (Å²) in [5.74, 6) is -1.01. The molecule has 0 aromatic carbocycles. The molecule has 1 saturated heterocycles. The lowest BCUT2D eigenvalue weighted by Gasteiger charge is -2.30. The van der Waals surface area contributed by atoms with Crippen molar-refractivity contribution in [2.24, 2.45) is 0 Å². The first kappa shape index (κ1) is 16.8. The second-order valence-corrected chi connectivity index (χ2v) is 5.02. The molecule has 1 heterocycles. The summed E-state index contributed by atoms with van der Waals surface area (Å²) in [6.07, 6.45) is 0.139. The average molecular weight is 278 g/mol. The van der Waals surface area contributed by atoms with Crippen LogP contribution in [-0.4, -0.2) is 56.0 Å². The van der Waals surface area contributed by atoms with E-state index in [4.69, 9.17) is 23.7 Å². The number of hydrogen-bond acceptors (Lipinski definition) is 6. The van der Waals surface area contributed by atoms with Crippen LogP contribution >= 0.6 is 0 Å². The zero-order valence-electron chi connectivity index (χ0n) is 12.5. The molecule has 6 heteroatoms. The molecule has 0 aliphatic carbocycles. The van der Waals surface area contributed by atoms with Gasteiger partial charge in [-0.05, 0) is 27.7 Å². The van der Waals surface area contributed by atoms with Gasteiger partial charge in [-0.3, -0.25) is 0 Å². The van der Waals surface area contributed by atoms with Crippen LogP contribution in [0.15, 0.2) is 0 Å². The average Bonchev–Trinajstić information content (AvgIpc) is 2.61. The summed E-state index contributed by atoms with van der Waals surface area (Å²) in [5, 5.41) is 9.52. The van der Waals surface area contributed by atoms with Crippen LogP contribution in [0.5, 0.6) is 0 Å². The van der Waals surface area contributed by atoms with Crippen LogP contribution in [0.3, 0.4) is 0 Å². The third-order valence-corrected chi connectivity index (χ3v) is 3.14. The minimum Gasteiger partial charge on any atom is -0.391 e. The number of aliphatic hydroxyl groups is 1. The van der Waals surface area contributed by atoms with Gasteiger partial charge in [-0.25, -0.2) is 0 Å². The van der Waals surface area contributed by atoms with E-state index >= 15 is 0 Å². The highest BCUT2D eigenvalue weighted by Gasteiger charge is 2.53. The Kier molecular flexibility index (Phi) is 6.16. The van der Waals surface area contributed by atoms with E-state index < -0.39 is 17.9 Å². The number of methoxy groups -OCH3 is 1. The van der Waals surface area contributed by atoms with E-state index in [0.29, 0.717) is 19.6 Å². The zero-order valence-corrected chi connectivity index (χ0v) is 12.5. The summed E-state index contributed by atoms with van der Waals surface area (Å²) >= 11 is 0. The minimum absolute atomic E-state index is 0.212. The normalized spacial score (nSPS) is 31.6. The summed E-state index contributed by atoms with van der Waals surface area (Å²) in [4.78, 5) is 0. The summed E-state index contributed by atoms with van der Waals surface area (Å²) in [5.41, 5.74) is -0.591. The van der Waals surface area contributed by atoms with Crippen molar-refractivity contribution in [3.63, 3.8) is 0 Å². The molecule has 1 fully saturated rings. The molecule has 1 rings (SSSR count). The predicted molar refractivity (Wildman–Crippen MR) is 68.5 cm³/mol. The molecule has 0 aromatic rings. The van der Waals surface area contributed by atoms with Crippen LogP contribution < -0.4 is 0 Å². The van der Waals surface area contributed by atoms with Crippen molar-refractivity contribution < 1.29 is 28.8 Å². The Labute approximate surface area is 114 Å². The number of ether oxygens (including phenoxy) is 5. The largest absolute Gasteiger partial charge is 0.391 e. The van der Waals surface area contributed by atoms with Crippen LogP contribution in [0.25, 0.3) is 0 Å². The Bertz CT molecular complexity index is 270. The molecular formula is C13H26O6. The van der Waals surface area contributed by atoms with Crippen LogP contribution in [0.1, 0.15) is 34.1 Å². The fourth-order valence-electron chi connectivity index (χ4n) is 2.25. The minimum atomic E-state index is -1.01. The van der Waals surface area contributed by atoms with Crippen molar-refractivity contribution in [2.75, 3.05) is 26.9 Å². The van der Waals surface area contributed by atoms with Gasteiger partial charge >= 0.3 is 0 Å². The van der Waals surface area contributed by atoms with Gasteiger partial charge in [0.25, 0.3) is 6.48 Å². The maximum atomic E-state index is 9.52. The topological polar surface area (TPSA) is 66.4 Å². The van der Waals surface area contributed by atoms with Gasteiger partial charge in [-0.15, -0.1) is 0 Å². The fourth-order valence-corrected chi connectivity index (χ4v) is 2.25. The van der Waals surface area contributed by atoms with Crippen molar-refractivity contribution in [1.29, 1.82) is 0 Å². The van der Waals surface area contributed by atoms with Gasteiger partial charge in [0.05, 0.1) is 18.3 Å². The van der Waals surface area contributed by atoms with E-state index in [1.54, 1.807) is 0 Å². The van der Waals surface area contributed by atoms with E-state index in [0.717, 1.165) is 0 Å². The molecule has 1 aliphatic heterocycles. The molecule has 0 radical (unpaired) electrons. The van der Waals surface area contributed by atoms with E-state index in [9.17, 15) is 5.11 Å². The Hall–Kier alpha value is -0.240. The second kappa shape index (κ2) is 6.97. The monoisotopic (exact) mass is 278 g/mol. The molecule has 19 heavy (non-hydrogen) atoms. The molecule has 0 amide bonds. The van der Waals surface area contributed by atoms with Gasteiger partial charge in [-0.2, -0.15) is 0 Å². The highest BCUT2D eigenvalue weighted by molar-refractivity contribution is 4.95. The molecule has 0 saturated carbocycles. The van der Waals surface area contributed by atoms with Crippen LogP contribution in [0.4, 0.5) is 0 Å².